The van der Waals surface area contributed by atoms with Gasteiger partial charge in [-0.15, -0.1) is 0 Å². The Hall–Kier alpha value is -0.870. The molecule has 0 amide bonds. The first kappa shape index (κ1) is 10.3. The lowest BCUT2D eigenvalue weighted by Crippen LogP contribution is -2.14. The number of aromatic nitrogens is 2. The number of hydrogen-bond donors (Lipinski definition) is 1. The Labute approximate surface area is 103 Å². The standard InChI is InChI=1S/C12H14BrN3/c13-12-15-10-3-1-2-4-11(10)16(12)8-9-5-6-14-7-9/h1-4,9,14H,5-8H2. The third kappa shape index (κ3) is 1.76. The molecule has 2 heterocycles. The van der Waals surface area contributed by atoms with Gasteiger partial charge in [0.1, 0.15) is 0 Å². The molecule has 0 aliphatic carbocycles. The van der Waals surface area contributed by atoms with Gasteiger partial charge in [0, 0.05) is 6.54 Å². The zero-order valence-electron chi connectivity index (χ0n) is 8.99. The number of benzene rings is 1. The van der Waals surface area contributed by atoms with E-state index in [-0.39, 0.29) is 0 Å². The third-order valence-corrected chi connectivity index (χ3v) is 3.82. The van der Waals surface area contributed by atoms with Crippen LogP contribution in [0.5, 0.6) is 0 Å². The van der Waals surface area contributed by atoms with Crippen LogP contribution in [0.25, 0.3) is 11.0 Å². The molecule has 4 heteroatoms. The summed E-state index contributed by atoms with van der Waals surface area (Å²) in [5.41, 5.74) is 2.29. The molecule has 0 radical (unpaired) electrons. The number of nitrogens with zero attached hydrogens (tertiary/aromatic N) is 2. The Morgan fingerprint density at radius 2 is 2.31 bits per heavy atom. The van der Waals surface area contributed by atoms with Gasteiger partial charge in [-0.05, 0) is 53.5 Å². The van der Waals surface area contributed by atoms with Crippen LogP contribution in [0, 0.1) is 5.92 Å². The summed E-state index contributed by atoms with van der Waals surface area (Å²) in [5.74, 6) is 0.730. The van der Waals surface area contributed by atoms with E-state index in [1.165, 1.54) is 11.9 Å². The van der Waals surface area contributed by atoms with Gasteiger partial charge in [0.25, 0.3) is 0 Å². The van der Waals surface area contributed by atoms with Gasteiger partial charge < -0.3 is 9.88 Å². The van der Waals surface area contributed by atoms with E-state index < -0.39 is 0 Å². The minimum atomic E-state index is 0.730. The summed E-state index contributed by atoms with van der Waals surface area (Å²) in [7, 11) is 0. The molecule has 1 atom stereocenters. The number of fused-ring (bicyclic) bond motifs is 1. The van der Waals surface area contributed by atoms with Crippen LogP contribution in [0.15, 0.2) is 29.0 Å². The van der Waals surface area contributed by atoms with Gasteiger partial charge in [-0.2, -0.15) is 0 Å². The van der Waals surface area contributed by atoms with E-state index in [0.29, 0.717) is 0 Å². The summed E-state index contributed by atoms with van der Waals surface area (Å²) < 4.78 is 3.22. The smallest absolute Gasteiger partial charge is 0.178 e. The molecule has 2 aromatic rings. The predicted octanol–water partition coefficient (Wildman–Crippen LogP) is 2.41. The molecule has 1 aliphatic heterocycles. The zero-order chi connectivity index (χ0) is 11.0. The summed E-state index contributed by atoms with van der Waals surface area (Å²) in [5, 5.41) is 3.40. The highest BCUT2D eigenvalue weighted by molar-refractivity contribution is 9.10. The topological polar surface area (TPSA) is 29.9 Å². The highest BCUT2D eigenvalue weighted by atomic mass is 79.9. The normalized spacial score (nSPS) is 20.7. The van der Waals surface area contributed by atoms with Crippen molar-refractivity contribution in [1.29, 1.82) is 0 Å². The van der Waals surface area contributed by atoms with E-state index in [2.05, 4.69) is 49.0 Å². The Kier molecular flexibility index (Phi) is 2.69. The van der Waals surface area contributed by atoms with E-state index in [1.807, 2.05) is 6.07 Å². The highest BCUT2D eigenvalue weighted by Crippen LogP contribution is 2.22. The van der Waals surface area contributed by atoms with Crippen LogP contribution >= 0.6 is 15.9 Å². The van der Waals surface area contributed by atoms with Crippen molar-refractivity contribution in [3.05, 3.63) is 29.0 Å². The van der Waals surface area contributed by atoms with Crippen LogP contribution < -0.4 is 5.32 Å². The maximum Gasteiger partial charge on any atom is 0.178 e. The van der Waals surface area contributed by atoms with Crippen LogP contribution in [0.2, 0.25) is 0 Å². The zero-order valence-corrected chi connectivity index (χ0v) is 10.6. The molecule has 1 N–H and O–H groups in total. The van der Waals surface area contributed by atoms with E-state index in [1.54, 1.807) is 0 Å². The van der Waals surface area contributed by atoms with E-state index >= 15 is 0 Å². The Balaban J connectivity index is 1.98. The number of para-hydroxylation sites is 2. The first-order valence-electron chi connectivity index (χ1n) is 5.66. The fraction of sp³-hybridized carbons (Fsp3) is 0.417. The first-order valence-corrected chi connectivity index (χ1v) is 6.45. The number of imidazole rings is 1. The first-order chi connectivity index (χ1) is 7.84. The molecule has 0 bridgehead atoms. The van der Waals surface area contributed by atoms with Crippen molar-refractivity contribution in [2.24, 2.45) is 5.92 Å². The van der Waals surface area contributed by atoms with Crippen LogP contribution in [-0.2, 0) is 6.54 Å². The van der Waals surface area contributed by atoms with Crippen molar-refractivity contribution in [2.75, 3.05) is 13.1 Å². The van der Waals surface area contributed by atoms with Crippen molar-refractivity contribution >= 4 is 27.0 Å². The molecule has 84 valence electrons. The fourth-order valence-electron chi connectivity index (χ4n) is 2.35. The lowest BCUT2D eigenvalue weighted by Gasteiger charge is -2.11. The van der Waals surface area contributed by atoms with Crippen LogP contribution in [0.1, 0.15) is 6.42 Å². The molecule has 0 saturated carbocycles. The summed E-state index contributed by atoms with van der Waals surface area (Å²) >= 11 is 3.55. The maximum absolute atomic E-state index is 4.51. The van der Waals surface area contributed by atoms with Crippen molar-refractivity contribution in [3.63, 3.8) is 0 Å². The summed E-state index contributed by atoms with van der Waals surface area (Å²) in [6, 6.07) is 8.29. The second-order valence-corrected chi connectivity index (χ2v) is 5.05. The average Bonchev–Trinajstić information content (AvgIpc) is 2.89. The number of halogens is 1. The van der Waals surface area contributed by atoms with E-state index in [9.17, 15) is 0 Å². The van der Waals surface area contributed by atoms with Gasteiger partial charge in [0.2, 0.25) is 0 Å². The van der Waals surface area contributed by atoms with Crippen LogP contribution in [0.3, 0.4) is 0 Å². The minimum absolute atomic E-state index is 0.730. The third-order valence-electron chi connectivity index (χ3n) is 3.21. The number of rotatable bonds is 2. The van der Waals surface area contributed by atoms with Gasteiger partial charge in [-0.25, -0.2) is 4.98 Å². The molecule has 1 aromatic heterocycles. The van der Waals surface area contributed by atoms with Crippen molar-refractivity contribution in [1.82, 2.24) is 14.9 Å². The lowest BCUT2D eigenvalue weighted by atomic mass is 10.1. The van der Waals surface area contributed by atoms with Gasteiger partial charge >= 0.3 is 0 Å². The SMILES string of the molecule is Brc1nc2ccccc2n1CC1CCNC1. The quantitative estimate of drug-likeness (QED) is 0.915. The van der Waals surface area contributed by atoms with Crippen molar-refractivity contribution in [3.8, 4) is 0 Å². The minimum Gasteiger partial charge on any atom is -0.318 e. The Morgan fingerprint density at radius 1 is 1.44 bits per heavy atom. The molecular weight excluding hydrogens is 266 g/mol. The predicted molar refractivity (Wildman–Crippen MR) is 68.4 cm³/mol. The van der Waals surface area contributed by atoms with Crippen LogP contribution in [-0.4, -0.2) is 22.6 Å². The largest absolute Gasteiger partial charge is 0.318 e. The molecule has 3 rings (SSSR count). The summed E-state index contributed by atoms with van der Waals surface area (Å²) in [6.45, 7) is 3.32. The average molecular weight is 280 g/mol. The van der Waals surface area contributed by atoms with Gasteiger partial charge in [0.05, 0.1) is 11.0 Å². The number of nitrogens with one attached hydrogen (secondary N) is 1. The molecule has 1 fully saturated rings. The monoisotopic (exact) mass is 279 g/mol. The highest BCUT2D eigenvalue weighted by Gasteiger charge is 2.17. The van der Waals surface area contributed by atoms with Gasteiger partial charge in [-0.1, -0.05) is 12.1 Å². The molecule has 3 nitrogen and oxygen atoms in total. The maximum atomic E-state index is 4.51. The molecule has 0 spiro atoms. The summed E-state index contributed by atoms with van der Waals surface area (Å²) in [4.78, 5) is 4.51. The Morgan fingerprint density at radius 3 is 3.12 bits per heavy atom. The van der Waals surface area contributed by atoms with E-state index in [0.717, 1.165) is 35.8 Å². The molecule has 1 aliphatic rings. The van der Waals surface area contributed by atoms with Crippen LogP contribution in [0.4, 0.5) is 0 Å². The van der Waals surface area contributed by atoms with Gasteiger partial charge in [0.15, 0.2) is 4.73 Å². The summed E-state index contributed by atoms with van der Waals surface area (Å²) in [6.07, 6.45) is 1.26. The molecule has 1 aromatic carbocycles. The number of hydrogen-bond acceptors (Lipinski definition) is 2. The molecular formula is C12H14BrN3. The second kappa shape index (κ2) is 4.18. The van der Waals surface area contributed by atoms with E-state index in [4.69, 9.17) is 0 Å². The second-order valence-electron chi connectivity index (χ2n) is 4.34. The molecule has 1 unspecified atom stereocenters. The Bertz CT molecular complexity index is 500. The molecule has 16 heavy (non-hydrogen) atoms. The van der Waals surface area contributed by atoms with Gasteiger partial charge in [-0.3, -0.25) is 0 Å². The van der Waals surface area contributed by atoms with Crippen molar-refractivity contribution < 1.29 is 0 Å². The fourth-order valence-corrected chi connectivity index (χ4v) is 2.88. The van der Waals surface area contributed by atoms with Crippen molar-refractivity contribution in [2.45, 2.75) is 13.0 Å². The lowest BCUT2D eigenvalue weighted by molar-refractivity contribution is 0.484. The molecule has 1 saturated heterocycles.